The molecule has 27 rings (SSSR count). The normalized spacial score (nSPS) is 11.6. The summed E-state index contributed by atoms with van der Waals surface area (Å²) in [5.41, 5.74) is 35.0. The minimum atomic E-state index is 0.912. The third-order valence-corrected chi connectivity index (χ3v) is 27.3. The Hall–Kier alpha value is -17.8. The van der Waals surface area contributed by atoms with Crippen molar-refractivity contribution in [1.29, 1.82) is 0 Å². The predicted octanol–water partition coefficient (Wildman–Crippen LogP) is 37.7. The largest absolute Gasteiger partial charge is 0.456 e. The van der Waals surface area contributed by atoms with Gasteiger partial charge in [0.2, 0.25) is 0 Å². The summed E-state index contributed by atoms with van der Waals surface area (Å²) >= 11 is 0. The van der Waals surface area contributed by atoms with Crippen LogP contribution in [0.2, 0.25) is 0 Å². The number of hydrogen-bond acceptors (Lipinski definition) is 3. The molecule has 0 aliphatic carbocycles. The first kappa shape index (κ1) is 79.4. The molecule has 0 aliphatic heterocycles. The fourth-order valence-corrected chi connectivity index (χ4v) is 21.2. The minimum Gasteiger partial charge on any atom is -0.456 e. The van der Waals surface area contributed by atoms with Crippen LogP contribution < -0.4 is 0 Å². The number of para-hydroxylation sites is 3. The third-order valence-electron chi connectivity index (χ3n) is 27.3. The molecule has 135 heavy (non-hydrogen) atoms. The van der Waals surface area contributed by atoms with Crippen molar-refractivity contribution in [3.05, 3.63) is 510 Å². The molecule has 630 valence electrons. The smallest absolute Gasteiger partial charge is 0.135 e. The summed E-state index contributed by atoms with van der Waals surface area (Å²) in [7, 11) is 0. The molecule has 0 amide bonds. The number of rotatable bonds is 12. The zero-order valence-electron chi connectivity index (χ0n) is 73.7. The topological polar surface area (TPSA) is 39.4 Å². The molecule has 0 unspecified atom stereocenters. The summed E-state index contributed by atoms with van der Waals surface area (Å²) in [6.45, 7) is 0. The summed E-state index contributed by atoms with van der Waals surface area (Å²) in [5, 5.41) is 21.9. The lowest BCUT2D eigenvalue weighted by atomic mass is 9.82. The molecule has 3 heterocycles. The maximum atomic E-state index is 6.17. The van der Waals surface area contributed by atoms with E-state index in [-0.39, 0.29) is 0 Å². The second-order valence-corrected chi connectivity index (χ2v) is 34.9. The summed E-state index contributed by atoms with van der Waals surface area (Å²) < 4.78 is 18.4. The molecular weight excluding hydrogens is 1630 g/mol. The van der Waals surface area contributed by atoms with Gasteiger partial charge in [-0.15, -0.1) is 0 Å². The lowest BCUT2D eigenvalue weighted by Crippen LogP contribution is -1.94. The van der Waals surface area contributed by atoms with Crippen molar-refractivity contribution in [3.63, 3.8) is 0 Å². The molecule has 24 aromatic carbocycles. The fourth-order valence-electron chi connectivity index (χ4n) is 21.2. The quantitative estimate of drug-likeness (QED) is 0.114. The van der Waals surface area contributed by atoms with Crippen molar-refractivity contribution in [3.8, 4) is 134 Å². The molecule has 0 saturated carbocycles. The van der Waals surface area contributed by atoms with Crippen LogP contribution in [-0.2, 0) is 0 Å². The highest BCUT2D eigenvalue weighted by Gasteiger charge is 2.26. The molecule has 3 aromatic heterocycles. The molecule has 0 spiro atoms. The standard InChI is InChI=1S/3C44H28O/c1-2-14-29(15-3-1)31-16-4-6-19-34(31)43-36-21-8-10-23-38(36)44(39-24-11-9-22-37(39)43)35-20-7-5-17-32(35)30-26-27-42-40(28-30)33-18-12-13-25-41(33)45-42;1-2-13-29(14-3-1)33-17-4-5-19-35(33)44-38-22-8-6-20-36(38)43(37-21-7-9-23-39(37)44)32-16-12-15-30(27-32)31-25-26-42-40(28-31)34-18-10-11-24-41(34)45-42;1-2-12-30(13-3-1)33-14-4-5-16-35(33)44-38-19-8-6-17-36(38)43(37-18-7-9-20-39(37)44)31-24-22-29(23-25-31)32-26-27-42-40(28-32)34-15-10-11-21-41(34)45-42/h3*1-28H. The number of furan rings is 3. The van der Waals surface area contributed by atoms with E-state index in [0.29, 0.717) is 0 Å². The first-order chi connectivity index (χ1) is 67.0. The summed E-state index contributed by atoms with van der Waals surface area (Å²) in [5.74, 6) is 0. The van der Waals surface area contributed by atoms with Gasteiger partial charge in [-0.05, 0) is 259 Å². The highest BCUT2D eigenvalue weighted by Crippen LogP contribution is 2.53. The highest BCUT2D eigenvalue weighted by atomic mass is 16.3. The van der Waals surface area contributed by atoms with Gasteiger partial charge in [-0.2, -0.15) is 0 Å². The van der Waals surface area contributed by atoms with Crippen LogP contribution in [-0.4, -0.2) is 0 Å². The van der Waals surface area contributed by atoms with Crippen LogP contribution >= 0.6 is 0 Å². The Labute approximate surface area is 781 Å². The maximum absolute atomic E-state index is 6.17. The van der Waals surface area contributed by atoms with Gasteiger partial charge >= 0.3 is 0 Å². The molecule has 0 aliphatic rings. The van der Waals surface area contributed by atoms with E-state index in [1.54, 1.807) is 0 Å². The highest BCUT2D eigenvalue weighted by molar-refractivity contribution is 6.27. The van der Waals surface area contributed by atoms with Crippen LogP contribution in [0.25, 0.3) is 264 Å². The van der Waals surface area contributed by atoms with Crippen LogP contribution in [0.1, 0.15) is 0 Å². The number of benzene rings is 24. The number of hydrogen-bond donors (Lipinski definition) is 0. The Kier molecular flexibility index (Phi) is 20.0. The summed E-state index contributed by atoms with van der Waals surface area (Å²) in [6.07, 6.45) is 0. The molecule has 3 nitrogen and oxygen atoms in total. The van der Waals surface area contributed by atoms with E-state index < -0.39 is 0 Å². The van der Waals surface area contributed by atoms with Crippen LogP contribution in [0.3, 0.4) is 0 Å². The van der Waals surface area contributed by atoms with E-state index in [0.717, 1.165) is 65.8 Å². The SMILES string of the molecule is c1ccc(-c2ccccc2-c2c3ccccc3c(-c3ccc(-c4ccc5oc6ccccc6c5c4)cc3)c3ccccc23)cc1.c1ccc(-c2ccccc2-c2c3ccccc3c(-c3cccc(-c4ccc5oc6ccccc6c5c4)c3)c3ccccc23)cc1.c1ccc(-c2ccccc2-c2c3ccccc3c(-c3ccccc3-c3ccc4oc5ccccc5c4c3)c3ccccc23)cc1. The predicted molar refractivity (Wildman–Crippen MR) is 571 cm³/mol. The van der Waals surface area contributed by atoms with E-state index in [2.05, 4.69) is 473 Å². The minimum absolute atomic E-state index is 0.912. The van der Waals surface area contributed by atoms with Crippen LogP contribution in [0.15, 0.2) is 523 Å². The van der Waals surface area contributed by atoms with E-state index in [1.165, 1.54) is 198 Å². The Bertz CT molecular complexity index is 9120. The van der Waals surface area contributed by atoms with Gasteiger partial charge in [0, 0.05) is 32.3 Å². The molecule has 0 N–H and O–H groups in total. The van der Waals surface area contributed by atoms with Crippen molar-refractivity contribution in [2.75, 3.05) is 0 Å². The summed E-state index contributed by atoms with van der Waals surface area (Å²) in [4.78, 5) is 0. The molecule has 0 radical (unpaired) electrons. The fraction of sp³-hybridized carbons (Fsp3) is 0. The molecule has 0 atom stereocenters. The van der Waals surface area contributed by atoms with Crippen molar-refractivity contribution in [1.82, 2.24) is 0 Å². The lowest BCUT2D eigenvalue weighted by molar-refractivity contribution is 0.668. The van der Waals surface area contributed by atoms with Crippen LogP contribution in [0.5, 0.6) is 0 Å². The van der Waals surface area contributed by atoms with Gasteiger partial charge in [-0.25, -0.2) is 0 Å². The molecule has 0 saturated heterocycles. The number of fused-ring (bicyclic) bond motifs is 15. The maximum Gasteiger partial charge on any atom is 0.135 e. The van der Waals surface area contributed by atoms with E-state index >= 15 is 0 Å². The third kappa shape index (κ3) is 14.1. The van der Waals surface area contributed by atoms with Gasteiger partial charge in [-0.3, -0.25) is 0 Å². The Morgan fingerprint density at radius 2 is 0.281 bits per heavy atom. The van der Waals surface area contributed by atoms with E-state index in [9.17, 15) is 0 Å². The first-order valence-electron chi connectivity index (χ1n) is 46.3. The van der Waals surface area contributed by atoms with Gasteiger partial charge in [0.25, 0.3) is 0 Å². The average molecular weight is 1720 g/mol. The van der Waals surface area contributed by atoms with Crippen LogP contribution in [0, 0.1) is 0 Å². The van der Waals surface area contributed by atoms with E-state index in [1.807, 2.05) is 36.4 Å². The first-order valence-corrected chi connectivity index (χ1v) is 46.3. The zero-order valence-corrected chi connectivity index (χ0v) is 73.7. The van der Waals surface area contributed by atoms with Gasteiger partial charge in [0.15, 0.2) is 0 Å². The van der Waals surface area contributed by atoms with Gasteiger partial charge in [0.1, 0.15) is 33.5 Å². The summed E-state index contributed by atoms with van der Waals surface area (Å²) in [6, 6.07) is 183. The van der Waals surface area contributed by atoms with Crippen molar-refractivity contribution in [2.45, 2.75) is 0 Å². The molecule has 3 heteroatoms. The second-order valence-electron chi connectivity index (χ2n) is 34.9. The molecular formula is C132H84O3. The Balaban J connectivity index is 0.000000108. The van der Waals surface area contributed by atoms with Crippen molar-refractivity contribution >= 4 is 130 Å². The van der Waals surface area contributed by atoms with Crippen molar-refractivity contribution < 1.29 is 13.3 Å². The molecule has 27 aromatic rings. The zero-order chi connectivity index (χ0) is 89.2. The van der Waals surface area contributed by atoms with E-state index in [4.69, 9.17) is 13.3 Å². The molecule has 0 fully saturated rings. The van der Waals surface area contributed by atoms with Gasteiger partial charge in [-0.1, -0.05) is 449 Å². The molecule has 0 bridgehead atoms. The van der Waals surface area contributed by atoms with Gasteiger partial charge < -0.3 is 13.3 Å². The van der Waals surface area contributed by atoms with Crippen LogP contribution in [0.4, 0.5) is 0 Å². The second kappa shape index (κ2) is 33.9. The lowest BCUT2D eigenvalue weighted by Gasteiger charge is -2.21. The Morgan fingerprint density at radius 1 is 0.0889 bits per heavy atom. The monoisotopic (exact) mass is 1720 g/mol. The average Bonchev–Trinajstić information content (AvgIpc) is 1.60. The van der Waals surface area contributed by atoms with Crippen molar-refractivity contribution in [2.24, 2.45) is 0 Å². The Morgan fingerprint density at radius 3 is 0.600 bits per heavy atom. The van der Waals surface area contributed by atoms with Gasteiger partial charge in [0.05, 0.1) is 0 Å².